The molecule has 1 aromatic carbocycles. The Kier molecular flexibility index (Phi) is 2.62. The van der Waals surface area contributed by atoms with Crippen molar-refractivity contribution in [2.45, 2.75) is 0 Å². The van der Waals surface area contributed by atoms with Crippen molar-refractivity contribution < 1.29 is 9.90 Å². The van der Waals surface area contributed by atoms with Crippen LogP contribution in [0.2, 0.25) is 5.02 Å². The zero-order valence-electron chi connectivity index (χ0n) is 8.38. The molecule has 6 heteroatoms. The van der Waals surface area contributed by atoms with Crippen molar-refractivity contribution in [3.63, 3.8) is 0 Å². The molecule has 0 radical (unpaired) electrons. The van der Waals surface area contributed by atoms with Gasteiger partial charge in [0, 0.05) is 17.6 Å². The molecule has 2 rings (SSSR count). The Hall–Kier alpha value is -1.88. The van der Waals surface area contributed by atoms with Gasteiger partial charge in [-0.05, 0) is 12.1 Å². The van der Waals surface area contributed by atoms with Gasteiger partial charge >= 0.3 is 5.97 Å². The summed E-state index contributed by atoms with van der Waals surface area (Å²) in [6.45, 7) is 0. The van der Waals surface area contributed by atoms with Crippen molar-refractivity contribution in [2.75, 3.05) is 0 Å². The fraction of sp³-hybridized carbons (Fsp3) is 0.100. The quantitative estimate of drug-likeness (QED) is 0.865. The smallest absolute Gasteiger partial charge is 0.356 e. The summed E-state index contributed by atoms with van der Waals surface area (Å²) < 4.78 is 1.22. The monoisotopic (exact) mass is 237 g/mol. The van der Waals surface area contributed by atoms with Crippen molar-refractivity contribution in [3.8, 4) is 11.3 Å². The second-order valence-corrected chi connectivity index (χ2v) is 3.66. The molecular formula is C10H8ClN3O2. The molecule has 1 aromatic heterocycles. The number of carboxylic acid groups (broad SMARTS) is 1. The van der Waals surface area contributed by atoms with E-state index in [4.69, 9.17) is 16.7 Å². The third-order valence-electron chi connectivity index (χ3n) is 2.13. The highest BCUT2D eigenvalue weighted by Crippen LogP contribution is 2.23. The summed E-state index contributed by atoms with van der Waals surface area (Å²) in [4.78, 5) is 11.0. The topological polar surface area (TPSA) is 68.0 Å². The first-order valence-corrected chi connectivity index (χ1v) is 4.86. The van der Waals surface area contributed by atoms with Crippen LogP contribution in [0.5, 0.6) is 0 Å². The van der Waals surface area contributed by atoms with Crippen molar-refractivity contribution in [3.05, 3.63) is 35.0 Å². The lowest BCUT2D eigenvalue weighted by Gasteiger charge is -1.99. The molecule has 0 saturated heterocycles. The molecule has 0 amide bonds. The summed E-state index contributed by atoms with van der Waals surface area (Å²) in [5.41, 5.74) is 0.998. The van der Waals surface area contributed by atoms with E-state index in [0.717, 1.165) is 0 Å². The van der Waals surface area contributed by atoms with Crippen LogP contribution in [0.25, 0.3) is 11.3 Å². The Morgan fingerprint density at radius 3 is 2.88 bits per heavy atom. The molecule has 0 atom stereocenters. The van der Waals surface area contributed by atoms with Gasteiger partial charge < -0.3 is 5.11 Å². The molecule has 1 N–H and O–H groups in total. The number of nitrogens with zero attached hydrogens (tertiary/aromatic N) is 3. The molecule has 0 aliphatic heterocycles. The molecule has 0 unspecified atom stereocenters. The third kappa shape index (κ3) is 1.77. The molecule has 16 heavy (non-hydrogen) atoms. The first-order valence-electron chi connectivity index (χ1n) is 4.48. The van der Waals surface area contributed by atoms with Gasteiger partial charge in [0.2, 0.25) is 0 Å². The van der Waals surface area contributed by atoms with E-state index in [9.17, 15) is 4.79 Å². The maximum Gasteiger partial charge on any atom is 0.356 e. The van der Waals surface area contributed by atoms with Crippen LogP contribution < -0.4 is 0 Å². The van der Waals surface area contributed by atoms with Gasteiger partial charge in [-0.1, -0.05) is 28.9 Å². The second-order valence-electron chi connectivity index (χ2n) is 3.23. The van der Waals surface area contributed by atoms with Crippen LogP contribution in [0, 0.1) is 0 Å². The standard InChI is InChI=1S/C10H8ClN3O2/c1-14-9(10(15)16)8(12-13-14)6-3-2-4-7(11)5-6/h2-5H,1H3,(H,15,16). The highest BCUT2D eigenvalue weighted by Gasteiger charge is 2.18. The zero-order chi connectivity index (χ0) is 11.7. The number of halogens is 1. The number of hydrogen-bond acceptors (Lipinski definition) is 3. The Balaban J connectivity index is 2.60. The van der Waals surface area contributed by atoms with Crippen molar-refractivity contribution in [1.82, 2.24) is 15.0 Å². The van der Waals surface area contributed by atoms with Crippen molar-refractivity contribution in [2.24, 2.45) is 7.05 Å². The van der Waals surface area contributed by atoms with Crippen LogP contribution in [0.4, 0.5) is 0 Å². The number of aromatic carboxylic acids is 1. The Morgan fingerprint density at radius 2 is 2.25 bits per heavy atom. The molecule has 0 bridgehead atoms. The molecule has 5 nitrogen and oxygen atoms in total. The molecule has 0 aliphatic carbocycles. The minimum Gasteiger partial charge on any atom is -0.476 e. The number of aromatic nitrogens is 3. The zero-order valence-corrected chi connectivity index (χ0v) is 9.14. The SMILES string of the molecule is Cn1nnc(-c2cccc(Cl)c2)c1C(=O)O. The number of carbonyl (C=O) groups is 1. The van der Waals surface area contributed by atoms with E-state index in [2.05, 4.69) is 10.3 Å². The van der Waals surface area contributed by atoms with Gasteiger partial charge in [-0.25, -0.2) is 9.48 Å². The van der Waals surface area contributed by atoms with Crippen LogP contribution in [0.1, 0.15) is 10.5 Å². The molecule has 0 spiro atoms. The normalized spacial score (nSPS) is 10.4. The van der Waals surface area contributed by atoms with Gasteiger partial charge in [-0.3, -0.25) is 0 Å². The average Bonchev–Trinajstić information content (AvgIpc) is 2.60. The first-order chi connectivity index (χ1) is 7.59. The predicted molar refractivity (Wildman–Crippen MR) is 58.4 cm³/mol. The summed E-state index contributed by atoms with van der Waals surface area (Å²) in [5, 5.41) is 17.1. The average molecular weight is 238 g/mol. The van der Waals surface area contributed by atoms with Crippen LogP contribution in [-0.4, -0.2) is 26.1 Å². The predicted octanol–water partition coefficient (Wildman–Crippen LogP) is 1.83. The maximum absolute atomic E-state index is 11.0. The van der Waals surface area contributed by atoms with Gasteiger partial charge in [0.1, 0.15) is 5.69 Å². The number of carboxylic acids is 1. The largest absolute Gasteiger partial charge is 0.476 e. The molecule has 0 fully saturated rings. The van der Waals surface area contributed by atoms with Crippen molar-refractivity contribution >= 4 is 17.6 Å². The lowest BCUT2D eigenvalue weighted by Crippen LogP contribution is -2.06. The minimum atomic E-state index is -1.07. The Bertz CT molecular complexity index is 551. The first kappa shape index (κ1) is 10.6. The minimum absolute atomic E-state index is 0.0438. The van der Waals surface area contributed by atoms with Gasteiger partial charge in [0.05, 0.1) is 0 Å². The highest BCUT2D eigenvalue weighted by molar-refractivity contribution is 6.30. The molecule has 0 aliphatic rings. The summed E-state index contributed by atoms with van der Waals surface area (Å²) in [6, 6.07) is 6.83. The second kappa shape index (κ2) is 3.94. The van der Waals surface area contributed by atoms with Gasteiger partial charge in [-0.15, -0.1) is 5.10 Å². The highest BCUT2D eigenvalue weighted by atomic mass is 35.5. The third-order valence-corrected chi connectivity index (χ3v) is 2.36. The lowest BCUT2D eigenvalue weighted by atomic mass is 10.1. The molecule has 1 heterocycles. The summed E-state index contributed by atoms with van der Waals surface area (Å²) in [5.74, 6) is -1.07. The number of aryl methyl sites for hydroxylation is 1. The molecular weight excluding hydrogens is 230 g/mol. The van der Waals surface area contributed by atoms with E-state index < -0.39 is 5.97 Å². The van der Waals surface area contributed by atoms with Crippen LogP contribution in [-0.2, 0) is 7.05 Å². The van der Waals surface area contributed by atoms with E-state index in [1.807, 2.05) is 0 Å². The van der Waals surface area contributed by atoms with E-state index in [-0.39, 0.29) is 5.69 Å². The fourth-order valence-corrected chi connectivity index (χ4v) is 1.62. The number of hydrogen-bond donors (Lipinski definition) is 1. The summed E-state index contributed by atoms with van der Waals surface area (Å²) >= 11 is 5.83. The summed E-state index contributed by atoms with van der Waals surface area (Å²) in [6.07, 6.45) is 0. The van der Waals surface area contributed by atoms with E-state index >= 15 is 0 Å². The maximum atomic E-state index is 11.0. The van der Waals surface area contributed by atoms with Gasteiger partial charge in [0.25, 0.3) is 0 Å². The van der Waals surface area contributed by atoms with E-state index in [0.29, 0.717) is 16.3 Å². The van der Waals surface area contributed by atoms with Crippen LogP contribution in [0.15, 0.2) is 24.3 Å². The Morgan fingerprint density at radius 1 is 1.50 bits per heavy atom. The van der Waals surface area contributed by atoms with Gasteiger partial charge in [-0.2, -0.15) is 0 Å². The van der Waals surface area contributed by atoms with Gasteiger partial charge in [0.15, 0.2) is 5.69 Å². The number of rotatable bonds is 2. The Labute approximate surface area is 96.3 Å². The van der Waals surface area contributed by atoms with E-state index in [1.165, 1.54) is 11.7 Å². The number of benzene rings is 1. The lowest BCUT2D eigenvalue weighted by molar-refractivity contribution is 0.0686. The van der Waals surface area contributed by atoms with Crippen LogP contribution in [0.3, 0.4) is 0 Å². The van der Waals surface area contributed by atoms with Crippen LogP contribution >= 0.6 is 11.6 Å². The van der Waals surface area contributed by atoms with Crippen molar-refractivity contribution in [1.29, 1.82) is 0 Å². The molecule has 2 aromatic rings. The fourth-order valence-electron chi connectivity index (χ4n) is 1.43. The summed E-state index contributed by atoms with van der Waals surface area (Å²) in [7, 11) is 1.53. The molecule has 0 saturated carbocycles. The molecule has 82 valence electrons. The van der Waals surface area contributed by atoms with E-state index in [1.54, 1.807) is 24.3 Å².